The highest BCUT2D eigenvalue weighted by Gasteiger charge is 2.41. The van der Waals surface area contributed by atoms with E-state index in [-0.39, 0.29) is 12.4 Å². The Balaban J connectivity index is 0.000000267. The summed E-state index contributed by atoms with van der Waals surface area (Å²) in [7, 11) is 11.6. The summed E-state index contributed by atoms with van der Waals surface area (Å²) in [6, 6.07) is 15.8. The molecule has 0 aliphatic heterocycles. The zero-order valence-corrected chi connectivity index (χ0v) is 25.7. The molecule has 2 aromatic rings. The monoisotopic (exact) mass is 562 g/mol. The molecule has 2 N–H and O–H groups in total. The van der Waals surface area contributed by atoms with Crippen LogP contribution in [-0.4, -0.2) is 75.5 Å². The van der Waals surface area contributed by atoms with E-state index in [9.17, 15) is 10.2 Å². The minimum atomic E-state index is -0.711. The Morgan fingerprint density at radius 3 is 1.41 bits per heavy atom. The lowest BCUT2D eigenvalue weighted by Gasteiger charge is -2.41. The molecule has 0 aromatic heterocycles. The molecule has 0 amide bonds. The Kier molecular flexibility index (Phi) is 13.0. The van der Waals surface area contributed by atoms with Crippen molar-refractivity contribution < 1.29 is 19.7 Å². The van der Waals surface area contributed by atoms with E-state index in [1.807, 2.05) is 48.5 Å². The summed E-state index contributed by atoms with van der Waals surface area (Å²) in [6.45, 7) is 1.85. The molecule has 39 heavy (non-hydrogen) atoms. The van der Waals surface area contributed by atoms with Gasteiger partial charge in [0, 0.05) is 24.9 Å². The summed E-state index contributed by atoms with van der Waals surface area (Å²) in [6.07, 6.45) is 8.49. The van der Waals surface area contributed by atoms with Crippen LogP contribution in [0.1, 0.15) is 62.5 Å². The molecule has 4 rings (SSSR count). The third-order valence-corrected chi connectivity index (χ3v) is 8.38. The highest BCUT2D eigenvalue weighted by molar-refractivity contribution is 5.85. The number of halogens is 1. The molecule has 4 atom stereocenters. The molecule has 0 heterocycles. The number of hydrogen-bond donors (Lipinski definition) is 2. The summed E-state index contributed by atoms with van der Waals surface area (Å²) in [5, 5.41) is 22.4. The Hall–Kier alpha value is -1.83. The normalized spacial score (nSPS) is 26.8. The lowest BCUT2D eigenvalue weighted by molar-refractivity contribution is -0.0621. The maximum atomic E-state index is 11.2. The van der Waals surface area contributed by atoms with Crippen LogP contribution in [0.2, 0.25) is 0 Å². The van der Waals surface area contributed by atoms with Crippen LogP contribution in [0.5, 0.6) is 11.5 Å². The smallest absolute Gasteiger partial charge is 0.119 e. The SMILES string of the molecule is COc1cccc([C@@]2(O)CCCC[C@H]2CN(C)C)c1.COc1cccc([C@@]2(O)CCCC[C@H]2CN(C)C)c1.Cl. The van der Waals surface area contributed by atoms with Crippen LogP contribution >= 0.6 is 12.4 Å². The summed E-state index contributed by atoms with van der Waals surface area (Å²) in [4.78, 5) is 4.34. The predicted molar refractivity (Wildman–Crippen MR) is 162 cm³/mol. The van der Waals surface area contributed by atoms with Gasteiger partial charge in [0.2, 0.25) is 0 Å². The zero-order valence-electron chi connectivity index (χ0n) is 24.9. The van der Waals surface area contributed by atoms with Crippen molar-refractivity contribution in [1.82, 2.24) is 9.80 Å². The van der Waals surface area contributed by atoms with Gasteiger partial charge in [-0.15, -0.1) is 12.4 Å². The van der Waals surface area contributed by atoms with E-state index < -0.39 is 11.2 Å². The van der Waals surface area contributed by atoms with Crippen molar-refractivity contribution in [3.05, 3.63) is 59.7 Å². The molecule has 6 nitrogen and oxygen atoms in total. The van der Waals surface area contributed by atoms with Crippen molar-refractivity contribution in [2.45, 2.75) is 62.6 Å². The molecule has 0 radical (unpaired) electrons. The van der Waals surface area contributed by atoms with E-state index in [2.05, 4.69) is 38.0 Å². The fraction of sp³-hybridized carbons (Fsp3) is 0.625. The van der Waals surface area contributed by atoms with Crippen LogP contribution in [0.15, 0.2) is 48.5 Å². The molecule has 0 unspecified atom stereocenters. The zero-order chi connectivity index (χ0) is 27.8. The molecule has 2 aliphatic rings. The van der Waals surface area contributed by atoms with Crippen LogP contribution in [0.25, 0.3) is 0 Å². The maximum absolute atomic E-state index is 11.2. The standard InChI is InChI=1S/2C16H25NO2.ClH/c2*1-17(2)12-14-7-4-5-10-16(14,18)13-8-6-9-15(11-13)19-3;/h2*6,8-9,11,14,18H,4-5,7,10,12H2,1-3H3;1H/t2*14-,16-;/m00./s1. The molecule has 2 aromatic carbocycles. The van der Waals surface area contributed by atoms with E-state index in [1.54, 1.807) is 14.2 Å². The summed E-state index contributed by atoms with van der Waals surface area (Å²) in [5.41, 5.74) is 0.575. The Morgan fingerprint density at radius 1 is 0.692 bits per heavy atom. The van der Waals surface area contributed by atoms with Gasteiger partial charge in [0.25, 0.3) is 0 Å². The van der Waals surface area contributed by atoms with Crippen LogP contribution in [0.4, 0.5) is 0 Å². The number of aliphatic hydroxyl groups is 2. The van der Waals surface area contributed by atoms with Gasteiger partial charge in [-0.25, -0.2) is 0 Å². The van der Waals surface area contributed by atoms with E-state index in [1.165, 1.54) is 12.8 Å². The van der Waals surface area contributed by atoms with Crippen LogP contribution in [0.3, 0.4) is 0 Å². The van der Waals surface area contributed by atoms with Gasteiger partial charge < -0.3 is 29.5 Å². The molecule has 2 fully saturated rings. The molecular weight excluding hydrogens is 512 g/mol. The third kappa shape index (κ3) is 8.58. The van der Waals surface area contributed by atoms with Gasteiger partial charge in [0.15, 0.2) is 0 Å². The average molecular weight is 563 g/mol. The summed E-state index contributed by atoms with van der Waals surface area (Å²) < 4.78 is 10.6. The van der Waals surface area contributed by atoms with Gasteiger partial charge in [0.05, 0.1) is 25.4 Å². The minimum Gasteiger partial charge on any atom is -0.497 e. The molecule has 2 aliphatic carbocycles. The second-order valence-corrected chi connectivity index (χ2v) is 11.7. The average Bonchev–Trinajstić information content (AvgIpc) is 2.91. The van der Waals surface area contributed by atoms with Gasteiger partial charge in [-0.05, 0) is 89.3 Å². The fourth-order valence-electron chi connectivity index (χ4n) is 6.37. The molecule has 0 saturated heterocycles. The van der Waals surface area contributed by atoms with Crippen molar-refractivity contribution in [3.8, 4) is 11.5 Å². The second-order valence-electron chi connectivity index (χ2n) is 11.7. The van der Waals surface area contributed by atoms with Crippen molar-refractivity contribution in [1.29, 1.82) is 0 Å². The lowest BCUT2D eigenvalue weighted by atomic mass is 9.71. The van der Waals surface area contributed by atoms with E-state index >= 15 is 0 Å². The number of ether oxygens (including phenoxy) is 2. The van der Waals surface area contributed by atoms with Gasteiger partial charge in [-0.1, -0.05) is 49.9 Å². The van der Waals surface area contributed by atoms with Gasteiger partial charge in [-0.3, -0.25) is 0 Å². The van der Waals surface area contributed by atoms with E-state index in [4.69, 9.17) is 9.47 Å². The Morgan fingerprint density at radius 2 is 1.08 bits per heavy atom. The Bertz CT molecular complexity index is 924. The largest absolute Gasteiger partial charge is 0.497 e. The predicted octanol–water partition coefficient (Wildman–Crippen LogP) is 5.69. The molecule has 0 bridgehead atoms. The molecule has 7 heteroatoms. The second kappa shape index (κ2) is 15.2. The maximum Gasteiger partial charge on any atom is 0.119 e. The van der Waals surface area contributed by atoms with Gasteiger partial charge >= 0.3 is 0 Å². The number of benzene rings is 2. The first-order valence-electron chi connectivity index (χ1n) is 14.2. The van der Waals surface area contributed by atoms with E-state index in [0.717, 1.165) is 74.2 Å². The van der Waals surface area contributed by atoms with Crippen LogP contribution in [-0.2, 0) is 11.2 Å². The molecule has 220 valence electrons. The molecule has 0 spiro atoms. The van der Waals surface area contributed by atoms with Crippen molar-refractivity contribution in [2.24, 2.45) is 11.8 Å². The minimum absolute atomic E-state index is 0. The fourth-order valence-corrected chi connectivity index (χ4v) is 6.37. The summed E-state index contributed by atoms with van der Waals surface area (Å²) in [5.74, 6) is 2.23. The quantitative estimate of drug-likeness (QED) is 0.431. The number of hydrogen-bond acceptors (Lipinski definition) is 6. The molecular formula is C32H51ClN2O4. The number of nitrogens with zero attached hydrogens (tertiary/aromatic N) is 2. The topological polar surface area (TPSA) is 65.4 Å². The van der Waals surface area contributed by atoms with Crippen LogP contribution < -0.4 is 9.47 Å². The van der Waals surface area contributed by atoms with Crippen molar-refractivity contribution >= 4 is 12.4 Å². The highest BCUT2D eigenvalue weighted by atomic mass is 35.5. The van der Waals surface area contributed by atoms with Crippen LogP contribution in [0, 0.1) is 11.8 Å². The van der Waals surface area contributed by atoms with Crippen molar-refractivity contribution in [3.63, 3.8) is 0 Å². The highest BCUT2D eigenvalue weighted by Crippen LogP contribution is 2.44. The van der Waals surface area contributed by atoms with Gasteiger partial charge in [-0.2, -0.15) is 0 Å². The van der Waals surface area contributed by atoms with Crippen molar-refractivity contribution in [2.75, 3.05) is 55.5 Å². The number of methoxy groups -OCH3 is 2. The molecule has 2 saturated carbocycles. The summed E-state index contributed by atoms with van der Waals surface area (Å²) >= 11 is 0. The Labute approximate surface area is 242 Å². The first-order chi connectivity index (χ1) is 18.1. The third-order valence-electron chi connectivity index (χ3n) is 8.38. The number of rotatable bonds is 8. The first-order valence-corrected chi connectivity index (χ1v) is 14.2. The van der Waals surface area contributed by atoms with Gasteiger partial charge in [0.1, 0.15) is 11.5 Å². The van der Waals surface area contributed by atoms with E-state index in [0.29, 0.717) is 11.8 Å². The lowest BCUT2D eigenvalue weighted by Crippen LogP contribution is -2.43. The first kappa shape index (κ1) is 33.4.